The zero-order valence-electron chi connectivity index (χ0n) is 4.02. The van der Waals surface area contributed by atoms with Gasteiger partial charge in [0.2, 0.25) is 0 Å². The molecule has 0 saturated carbocycles. The third kappa shape index (κ3) is 8.84. The fraction of sp³-hybridized carbons (Fsp3) is 1.00. The van der Waals surface area contributed by atoms with E-state index in [9.17, 15) is 4.57 Å². The van der Waals surface area contributed by atoms with Gasteiger partial charge in [0, 0.05) is 33.3 Å². The molecular weight excluding hydrogens is 152 g/mol. The maximum Gasteiger partial charge on any atom is 0.188 e. The van der Waals surface area contributed by atoms with Gasteiger partial charge in [-0.2, -0.15) is 0 Å². The molecule has 0 aromatic heterocycles. The van der Waals surface area contributed by atoms with E-state index in [2.05, 4.69) is 4.52 Å². The van der Waals surface area contributed by atoms with Crippen molar-refractivity contribution in [1.82, 2.24) is 0 Å². The SMILES string of the molecule is CO[PH](C)=O.[Zn]. The molecule has 0 aromatic rings. The van der Waals surface area contributed by atoms with Gasteiger partial charge in [0.15, 0.2) is 8.03 Å². The Labute approximate surface area is 50.9 Å². The second-order valence-corrected chi connectivity index (χ2v) is 2.09. The summed E-state index contributed by atoms with van der Waals surface area (Å²) in [4.78, 5) is 0. The second-order valence-electron chi connectivity index (χ2n) is 0.696. The van der Waals surface area contributed by atoms with E-state index < -0.39 is 8.03 Å². The van der Waals surface area contributed by atoms with Gasteiger partial charge in [0.05, 0.1) is 0 Å². The summed E-state index contributed by atoms with van der Waals surface area (Å²) < 4.78 is 14.1. The molecule has 0 amide bonds. The van der Waals surface area contributed by atoms with E-state index >= 15 is 0 Å². The van der Waals surface area contributed by atoms with E-state index in [1.54, 1.807) is 6.66 Å². The fourth-order valence-electron chi connectivity index (χ4n) is 0. The first-order chi connectivity index (χ1) is 2.27. The Morgan fingerprint density at radius 3 is 1.83 bits per heavy atom. The third-order valence-corrected chi connectivity index (χ3v) is 0.862. The van der Waals surface area contributed by atoms with Crippen molar-refractivity contribution in [2.45, 2.75) is 0 Å². The topological polar surface area (TPSA) is 26.3 Å². The first kappa shape index (κ1) is 9.94. The Morgan fingerprint density at radius 2 is 1.83 bits per heavy atom. The van der Waals surface area contributed by atoms with Crippen molar-refractivity contribution in [1.29, 1.82) is 0 Å². The predicted molar refractivity (Wildman–Crippen MR) is 21.9 cm³/mol. The molecule has 0 rings (SSSR count). The molecule has 0 aliphatic heterocycles. The van der Waals surface area contributed by atoms with Gasteiger partial charge in [-0.15, -0.1) is 0 Å². The van der Waals surface area contributed by atoms with Gasteiger partial charge < -0.3 is 4.52 Å². The largest absolute Gasteiger partial charge is 0.334 e. The molecule has 1 atom stereocenters. The number of hydrogen-bond acceptors (Lipinski definition) is 2. The van der Waals surface area contributed by atoms with Crippen molar-refractivity contribution >= 4 is 8.03 Å². The normalized spacial score (nSPS) is 12.3. The van der Waals surface area contributed by atoms with Gasteiger partial charge in [-0.25, -0.2) is 0 Å². The minimum absolute atomic E-state index is 0. The first-order valence-electron chi connectivity index (χ1n) is 1.32. The van der Waals surface area contributed by atoms with E-state index in [-0.39, 0.29) is 19.5 Å². The number of hydrogen-bond donors (Lipinski definition) is 0. The molecule has 0 spiro atoms. The average molecular weight is 159 g/mol. The summed E-state index contributed by atoms with van der Waals surface area (Å²) in [6.45, 7) is 1.55. The van der Waals surface area contributed by atoms with Crippen LogP contribution in [0.2, 0.25) is 0 Å². The van der Waals surface area contributed by atoms with Crippen molar-refractivity contribution in [3.8, 4) is 0 Å². The van der Waals surface area contributed by atoms with Crippen molar-refractivity contribution in [3.05, 3.63) is 0 Å². The maximum atomic E-state index is 9.78. The monoisotopic (exact) mass is 158 g/mol. The maximum absolute atomic E-state index is 9.78. The molecule has 0 fully saturated rings. The van der Waals surface area contributed by atoms with Crippen molar-refractivity contribution in [2.75, 3.05) is 13.8 Å². The Bertz CT molecular complexity index is 46.8. The molecule has 0 aromatic carbocycles. The minimum Gasteiger partial charge on any atom is -0.334 e. The van der Waals surface area contributed by atoms with Crippen molar-refractivity contribution < 1.29 is 28.6 Å². The smallest absolute Gasteiger partial charge is 0.188 e. The summed E-state index contributed by atoms with van der Waals surface area (Å²) in [5.74, 6) is 0. The zero-order valence-corrected chi connectivity index (χ0v) is 7.99. The van der Waals surface area contributed by atoms with E-state index in [0.717, 1.165) is 0 Å². The van der Waals surface area contributed by atoms with Crippen LogP contribution in [0, 0.1) is 0 Å². The van der Waals surface area contributed by atoms with Crippen LogP contribution in [0.25, 0.3) is 0 Å². The van der Waals surface area contributed by atoms with Gasteiger partial charge in [-0.1, -0.05) is 0 Å². The molecule has 4 heteroatoms. The molecule has 0 N–H and O–H groups in total. The van der Waals surface area contributed by atoms with E-state index in [4.69, 9.17) is 0 Å². The summed E-state index contributed by atoms with van der Waals surface area (Å²) in [6, 6.07) is 0. The standard InChI is InChI=1S/C2H7O2P.Zn/c1-4-5(2)3;/h5H,1-2H3;. The van der Waals surface area contributed by atoms with Gasteiger partial charge >= 0.3 is 0 Å². The first-order valence-corrected chi connectivity index (χ1v) is 3.13. The van der Waals surface area contributed by atoms with Gasteiger partial charge in [0.1, 0.15) is 0 Å². The van der Waals surface area contributed by atoms with Crippen LogP contribution in [0.5, 0.6) is 0 Å². The summed E-state index contributed by atoms with van der Waals surface area (Å²) >= 11 is 0. The molecule has 2 nitrogen and oxygen atoms in total. The minimum atomic E-state index is -1.62. The Morgan fingerprint density at radius 1 is 1.67 bits per heavy atom. The van der Waals surface area contributed by atoms with Crippen LogP contribution >= 0.6 is 8.03 Å². The average Bonchev–Trinajstić information content (AvgIpc) is 1.38. The van der Waals surface area contributed by atoms with Gasteiger partial charge in [0.25, 0.3) is 0 Å². The molecule has 0 radical (unpaired) electrons. The fourth-order valence-corrected chi connectivity index (χ4v) is 0. The molecular formula is C2H7O2PZn. The van der Waals surface area contributed by atoms with Crippen LogP contribution in [0.4, 0.5) is 0 Å². The summed E-state index contributed by atoms with van der Waals surface area (Å²) in [5.41, 5.74) is 0. The second kappa shape index (κ2) is 5.81. The Balaban J connectivity index is 0. The van der Waals surface area contributed by atoms with Crippen LogP contribution in [-0.2, 0) is 28.6 Å². The van der Waals surface area contributed by atoms with E-state index in [1.807, 2.05) is 0 Å². The van der Waals surface area contributed by atoms with Crippen LogP contribution in [0.3, 0.4) is 0 Å². The quantitative estimate of drug-likeness (QED) is 0.417. The van der Waals surface area contributed by atoms with Crippen molar-refractivity contribution in [3.63, 3.8) is 0 Å². The van der Waals surface area contributed by atoms with E-state index in [1.165, 1.54) is 7.11 Å². The third-order valence-electron chi connectivity index (χ3n) is 0.287. The Hall–Kier alpha value is 0.813. The van der Waals surface area contributed by atoms with E-state index in [0.29, 0.717) is 0 Å². The molecule has 0 saturated heterocycles. The zero-order chi connectivity index (χ0) is 4.28. The van der Waals surface area contributed by atoms with Crippen LogP contribution < -0.4 is 0 Å². The molecule has 0 heterocycles. The summed E-state index contributed by atoms with van der Waals surface area (Å²) in [6.07, 6.45) is 0. The number of rotatable bonds is 1. The molecule has 0 aliphatic carbocycles. The molecule has 34 valence electrons. The Kier molecular flexibility index (Phi) is 9.63. The van der Waals surface area contributed by atoms with Crippen LogP contribution in [0.1, 0.15) is 0 Å². The molecule has 0 aliphatic rings. The molecule has 0 bridgehead atoms. The van der Waals surface area contributed by atoms with Crippen molar-refractivity contribution in [2.24, 2.45) is 0 Å². The van der Waals surface area contributed by atoms with Gasteiger partial charge in [-0.05, 0) is 0 Å². The summed E-state index contributed by atoms with van der Waals surface area (Å²) in [5, 5.41) is 0. The van der Waals surface area contributed by atoms with Crippen LogP contribution in [-0.4, -0.2) is 13.8 Å². The molecule has 1 unspecified atom stereocenters. The van der Waals surface area contributed by atoms with Crippen LogP contribution in [0.15, 0.2) is 0 Å². The summed E-state index contributed by atoms with van der Waals surface area (Å²) in [7, 11) is -0.192. The predicted octanol–water partition coefficient (Wildman–Crippen LogP) is 0.735. The molecule has 6 heavy (non-hydrogen) atoms. The van der Waals surface area contributed by atoms with Gasteiger partial charge in [-0.3, -0.25) is 4.57 Å².